The predicted octanol–water partition coefficient (Wildman–Crippen LogP) is 1.46. The molecule has 0 saturated heterocycles. The van der Waals surface area contributed by atoms with Gasteiger partial charge in [-0.3, -0.25) is 10.4 Å². The van der Waals surface area contributed by atoms with Crippen LogP contribution in [0.2, 0.25) is 0 Å². The van der Waals surface area contributed by atoms with Crippen LogP contribution in [0.15, 0.2) is 36.5 Å². The zero-order valence-electron chi connectivity index (χ0n) is 8.88. The molecule has 2 aromatic heterocycles. The molecule has 82 valence electrons. The number of benzene rings is 1. The van der Waals surface area contributed by atoms with Gasteiger partial charge in [0, 0.05) is 17.0 Å². The van der Waals surface area contributed by atoms with E-state index in [-0.39, 0.29) is 5.84 Å². The van der Waals surface area contributed by atoms with Gasteiger partial charge >= 0.3 is 0 Å². The second kappa shape index (κ2) is 3.48. The third-order valence-electron chi connectivity index (χ3n) is 2.63. The maximum atomic E-state index is 7.35. The number of hydrogen-bond donors (Lipinski definition) is 2. The van der Waals surface area contributed by atoms with Crippen LogP contribution >= 0.6 is 0 Å². The Labute approximate surface area is 96.8 Å². The van der Waals surface area contributed by atoms with Gasteiger partial charge in [-0.15, -0.1) is 10.2 Å². The summed E-state index contributed by atoms with van der Waals surface area (Å²) in [6.07, 6.45) is 1.74. The minimum atomic E-state index is -0.0883. The fourth-order valence-electron chi connectivity index (χ4n) is 1.78. The lowest BCUT2D eigenvalue weighted by Crippen LogP contribution is -2.12. The maximum Gasteiger partial charge on any atom is 0.143 e. The average molecular weight is 223 g/mol. The topological polar surface area (TPSA) is 88.5 Å². The van der Waals surface area contributed by atoms with E-state index in [0.717, 1.165) is 21.8 Å². The molecule has 1 aromatic carbocycles. The van der Waals surface area contributed by atoms with Crippen LogP contribution in [0.25, 0.3) is 21.8 Å². The number of hydrogen-bond acceptors (Lipinski definition) is 4. The van der Waals surface area contributed by atoms with Crippen LogP contribution < -0.4 is 5.73 Å². The highest BCUT2D eigenvalue weighted by atomic mass is 15.1. The van der Waals surface area contributed by atoms with Gasteiger partial charge in [-0.05, 0) is 18.2 Å². The molecule has 0 aliphatic rings. The highest BCUT2D eigenvalue weighted by molar-refractivity contribution is 6.04. The van der Waals surface area contributed by atoms with Gasteiger partial charge in [-0.1, -0.05) is 12.1 Å². The summed E-state index contributed by atoms with van der Waals surface area (Å²) in [7, 11) is 0. The lowest BCUT2D eigenvalue weighted by molar-refractivity contribution is 1.07. The van der Waals surface area contributed by atoms with Crippen molar-refractivity contribution in [2.45, 2.75) is 0 Å². The zero-order chi connectivity index (χ0) is 11.8. The normalized spacial score (nSPS) is 10.8. The van der Waals surface area contributed by atoms with Crippen LogP contribution in [0.5, 0.6) is 0 Å². The van der Waals surface area contributed by atoms with E-state index < -0.39 is 0 Å². The van der Waals surface area contributed by atoms with Crippen LogP contribution in [0, 0.1) is 5.41 Å². The fourth-order valence-corrected chi connectivity index (χ4v) is 1.78. The summed E-state index contributed by atoms with van der Waals surface area (Å²) in [5, 5.41) is 17.4. The van der Waals surface area contributed by atoms with Crippen LogP contribution in [0.3, 0.4) is 0 Å². The largest absolute Gasteiger partial charge is 0.382 e. The second-order valence-electron chi connectivity index (χ2n) is 3.71. The van der Waals surface area contributed by atoms with Crippen molar-refractivity contribution >= 4 is 27.6 Å². The van der Waals surface area contributed by atoms with Crippen molar-refractivity contribution in [2.75, 3.05) is 0 Å². The Morgan fingerprint density at radius 2 is 1.88 bits per heavy atom. The van der Waals surface area contributed by atoms with Gasteiger partial charge < -0.3 is 5.73 Å². The third kappa shape index (κ3) is 1.48. The molecular weight excluding hydrogens is 214 g/mol. The maximum absolute atomic E-state index is 7.35. The first-order valence-electron chi connectivity index (χ1n) is 5.11. The molecule has 0 spiro atoms. The van der Waals surface area contributed by atoms with E-state index in [0.29, 0.717) is 5.69 Å². The van der Waals surface area contributed by atoms with Crippen molar-refractivity contribution in [3.8, 4) is 0 Å². The Kier molecular flexibility index (Phi) is 1.98. The van der Waals surface area contributed by atoms with Gasteiger partial charge in [0.05, 0.1) is 5.52 Å². The quantitative estimate of drug-likeness (QED) is 0.483. The molecule has 0 fully saturated rings. The number of aromatic nitrogens is 3. The Balaban J connectivity index is 2.44. The van der Waals surface area contributed by atoms with E-state index in [2.05, 4.69) is 15.2 Å². The minimum absolute atomic E-state index is 0.0883. The van der Waals surface area contributed by atoms with E-state index in [1.54, 1.807) is 12.3 Å². The minimum Gasteiger partial charge on any atom is -0.382 e. The van der Waals surface area contributed by atoms with Gasteiger partial charge in [0.1, 0.15) is 17.0 Å². The Morgan fingerprint density at radius 1 is 1.06 bits per heavy atom. The first kappa shape index (κ1) is 9.65. The molecule has 0 aliphatic heterocycles. The standard InChI is InChI=1S/C12H9N5/c13-12(14)10-4-2-7-1-3-9-8(5-6-15-9)11(7)17-16-10/h1-6H,(H3,13,14). The summed E-state index contributed by atoms with van der Waals surface area (Å²) in [5.41, 5.74) is 7.42. The molecule has 0 amide bonds. The molecule has 0 radical (unpaired) electrons. The summed E-state index contributed by atoms with van der Waals surface area (Å²) in [6, 6.07) is 9.33. The van der Waals surface area contributed by atoms with Crippen LogP contribution in [-0.2, 0) is 0 Å². The SMILES string of the molecule is N=C(N)c1ccc2ccc3nccc3c2nn1. The molecule has 17 heavy (non-hydrogen) atoms. The highest BCUT2D eigenvalue weighted by Crippen LogP contribution is 2.21. The average Bonchev–Trinajstić information content (AvgIpc) is 2.67. The number of fused-ring (bicyclic) bond motifs is 3. The fraction of sp³-hybridized carbons (Fsp3) is 0. The van der Waals surface area contributed by atoms with Crippen LogP contribution in [0.4, 0.5) is 0 Å². The predicted molar refractivity (Wildman–Crippen MR) is 65.9 cm³/mol. The molecule has 0 atom stereocenters. The highest BCUT2D eigenvalue weighted by Gasteiger charge is 2.04. The number of nitrogens with zero attached hydrogens (tertiary/aromatic N) is 3. The third-order valence-corrected chi connectivity index (χ3v) is 2.63. The molecule has 0 aliphatic carbocycles. The molecule has 3 aromatic rings. The van der Waals surface area contributed by atoms with Gasteiger partial charge in [0.25, 0.3) is 0 Å². The number of nitrogen functional groups attached to an aromatic ring is 1. The first-order valence-corrected chi connectivity index (χ1v) is 5.11. The van der Waals surface area contributed by atoms with Gasteiger partial charge in [0.2, 0.25) is 0 Å². The molecular formula is C12H9N5. The smallest absolute Gasteiger partial charge is 0.143 e. The lowest BCUT2D eigenvalue weighted by Gasteiger charge is -1.91. The van der Waals surface area contributed by atoms with Crippen molar-refractivity contribution < 1.29 is 0 Å². The van der Waals surface area contributed by atoms with Crippen molar-refractivity contribution in [3.63, 3.8) is 0 Å². The molecule has 5 nitrogen and oxygen atoms in total. The van der Waals surface area contributed by atoms with Crippen molar-refractivity contribution in [2.24, 2.45) is 5.73 Å². The molecule has 2 heterocycles. The lowest BCUT2D eigenvalue weighted by atomic mass is 10.1. The van der Waals surface area contributed by atoms with E-state index >= 15 is 0 Å². The van der Waals surface area contributed by atoms with Crippen molar-refractivity contribution in [3.05, 3.63) is 42.2 Å². The van der Waals surface area contributed by atoms with E-state index in [1.165, 1.54) is 0 Å². The number of amidine groups is 1. The van der Waals surface area contributed by atoms with Crippen LogP contribution in [0.1, 0.15) is 5.69 Å². The molecule has 5 heteroatoms. The second-order valence-corrected chi connectivity index (χ2v) is 3.71. The summed E-state index contributed by atoms with van der Waals surface area (Å²) in [5.74, 6) is -0.0883. The van der Waals surface area contributed by atoms with Crippen molar-refractivity contribution in [1.29, 1.82) is 5.41 Å². The summed E-state index contributed by atoms with van der Waals surface area (Å²) in [4.78, 5) is 4.21. The summed E-state index contributed by atoms with van der Waals surface area (Å²) >= 11 is 0. The van der Waals surface area contributed by atoms with Gasteiger partial charge in [0.15, 0.2) is 0 Å². The number of nitrogens with two attached hydrogens (primary N) is 1. The monoisotopic (exact) mass is 223 g/mol. The molecule has 0 unspecified atom stereocenters. The zero-order valence-corrected chi connectivity index (χ0v) is 8.88. The summed E-state index contributed by atoms with van der Waals surface area (Å²) < 4.78 is 0. The number of rotatable bonds is 1. The van der Waals surface area contributed by atoms with Crippen molar-refractivity contribution in [1.82, 2.24) is 15.2 Å². The van der Waals surface area contributed by atoms with Gasteiger partial charge in [-0.2, -0.15) is 0 Å². The van der Waals surface area contributed by atoms with E-state index in [4.69, 9.17) is 11.1 Å². The molecule has 0 bridgehead atoms. The first-order chi connectivity index (χ1) is 8.25. The summed E-state index contributed by atoms with van der Waals surface area (Å²) in [6.45, 7) is 0. The number of nitrogens with one attached hydrogen (secondary N) is 1. The van der Waals surface area contributed by atoms with Gasteiger partial charge in [-0.25, -0.2) is 0 Å². The Hall–Kier alpha value is -2.56. The Bertz CT molecular complexity index is 735. The molecule has 3 N–H and O–H groups in total. The Morgan fingerprint density at radius 3 is 2.71 bits per heavy atom. The van der Waals surface area contributed by atoms with Crippen LogP contribution in [-0.4, -0.2) is 21.0 Å². The van der Waals surface area contributed by atoms with E-state index in [1.807, 2.05) is 24.3 Å². The molecule has 0 saturated carbocycles. The van der Waals surface area contributed by atoms with E-state index in [9.17, 15) is 0 Å². The molecule has 3 rings (SSSR count).